The van der Waals surface area contributed by atoms with Gasteiger partial charge in [-0.1, -0.05) is 41.4 Å². The number of likely N-dealkylation sites (N-methyl/N-ethyl adjacent to an activating group) is 1. The highest BCUT2D eigenvalue weighted by Gasteiger charge is 2.19. The van der Waals surface area contributed by atoms with E-state index >= 15 is 0 Å². The van der Waals surface area contributed by atoms with Gasteiger partial charge in [0.1, 0.15) is 6.04 Å². The number of anilines is 2. The molecule has 0 spiro atoms. The van der Waals surface area contributed by atoms with Crippen LogP contribution in [0, 0.1) is 0 Å². The van der Waals surface area contributed by atoms with E-state index in [9.17, 15) is 4.79 Å². The first-order valence-corrected chi connectivity index (χ1v) is 7.28. The van der Waals surface area contributed by atoms with Crippen LogP contribution in [0.15, 0.2) is 48.5 Å². The Hall–Kier alpha value is -1.71. The van der Waals surface area contributed by atoms with Gasteiger partial charge in [0, 0.05) is 17.8 Å². The lowest BCUT2D eigenvalue weighted by Crippen LogP contribution is -2.39. The topological polar surface area (TPSA) is 32.3 Å². The molecule has 0 heterocycles. The fourth-order valence-corrected chi connectivity index (χ4v) is 2.23. The Labute approximate surface area is 134 Å². The highest BCUT2D eigenvalue weighted by atomic mass is 35.5. The smallest absolute Gasteiger partial charge is 0.246 e. The van der Waals surface area contributed by atoms with E-state index in [2.05, 4.69) is 5.32 Å². The van der Waals surface area contributed by atoms with Crippen molar-refractivity contribution >= 4 is 40.5 Å². The molecule has 1 N–H and O–H groups in total. The monoisotopic (exact) mass is 322 g/mol. The Balaban J connectivity index is 2.11. The number of hydrogen-bond acceptors (Lipinski definition) is 2. The molecular formula is C16H16Cl2N2O. The third-order valence-electron chi connectivity index (χ3n) is 3.31. The summed E-state index contributed by atoms with van der Waals surface area (Å²) in [5, 5.41) is 3.79. The second-order valence-corrected chi connectivity index (χ2v) is 5.58. The van der Waals surface area contributed by atoms with Crippen LogP contribution in [0.1, 0.15) is 6.92 Å². The van der Waals surface area contributed by atoms with Crippen molar-refractivity contribution in [2.45, 2.75) is 13.0 Å². The van der Waals surface area contributed by atoms with Crippen LogP contribution in [0.3, 0.4) is 0 Å². The van der Waals surface area contributed by atoms with E-state index in [1.54, 1.807) is 18.2 Å². The molecule has 0 aromatic heterocycles. The largest absolute Gasteiger partial charge is 0.363 e. The van der Waals surface area contributed by atoms with Gasteiger partial charge >= 0.3 is 0 Å². The summed E-state index contributed by atoms with van der Waals surface area (Å²) in [7, 11) is 1.87. The fourth-order valence-electron chi connectivity index (χ4n) is 1.89. The van der Waals surface area contributed by atoms with Crippen LogP contribution in [0.5, 0.6) is 0 Å². The zero-order chi connectivity index (χ0) is 15.4. The van der Waals surface area contributed by atoms with Crippen molar-refractivity contribution in [3.05, 3.63) is 58.6 Å². The molecule has 1 atom stereocenters. The van der Waals surface area contributed by atoms with E-state index in [1.807, 2.05) is 49.2 Å². The molecular weight excluding hydrogens is 307 g/mol. The second-order valence-electron chi connectivity index (χ2n) is 4.74. The van der Waals surface area contributed by atoms with Crippen LogP contribution in [0.25, 0.3) is 0 Å². The third kappa shape index (κ3) is 3.90. The maximum absolute atomic E-state index is 12.3. The minimum absolute atomic E-state index is 0.148. The summed E-state index contributed by atoms with van der Waals surface area (Å²) in [6, 6.07) is 14.3. The van der Waals surface area contributed by atoms with Crippen LogP contribution in [0.4, 0.5) is 11.4 Å². The molecule has 0 aliphatic heterocycles. The van der Waals surface area contributed by atoms with Crippen LogP contribution in [-0.2, 0) is 4.79 Å². The number of amides is 1. The number of hydrogen-bond donors (Lipinski definition) is 1. The van der Waals surface area contributed by atoms with Gasteiger partial charge in [-0.25, -0.2) is 0 Å². The van der Waals surface area contributed by atoms with Gasteiger partial charge in [0.15, 0.2) is 0 Å². The lowest BCUT2D eigenvalue weighted by atomic mass is 10.2. The fraction of sp³-hybridized carbons (Fsp3) is 0.188. The summed E-state index contributed by atoms with van der Waals surface area (Å²) in [5.74, 6) is -0.148. The Morgan fingerprint density at radius 3 is 2.48 bits per heavy atom. The van der Waals surface area contributed by atoms with E-state index in [4.69, 9.17) is 23.2 Å². The summed E-state index contributed by atoms with van der Waals surface area (Å²) in [6.07, 6.45) is 0. The number of halogens is 2. The van der Waals surface area contributed by atoms with Gasteiger partial charge in [0.25, 0.3) is 0 Å². The van der Waals surface area contributed by atoms with Crippen LogP contribution >= 0.6 is 23.2 Å². The molecule has 0 radical (unpaired) electrons. The molecule has 0 saturated heterocycles. The van der Waals surface area contributed by atoms with Gasteiger partial charge in [-0.3, -0.25) is 4.79 Å². The number of carbonyl (C=O) groups excluding carboxylic acids is 1. The van der Waals surface area contributed by atoms with Crippen molar-refractivity contribution in [1.29, 1.82) is 0 Å². The molecule has 3 nitrogen and oxygen atoms in total. The van der Waals surface area contributed by atoms with Gasteiger partial charge in [0.05, 0.1) is 10.7 Å². The van der Waals surface area contributed by atoms with Crippen LogP contribution < -0.4 is 10.2 Å². The molecule has 2 aromatic carbocycles. The highest BCUT2D eigenvalue weighted by Crippen LogP contribution is 2.26. The molecule has 0 aliphatic rings. The SMILES string of the molecule is C[C@H](C(=O)Nc1cc(Cl)ccc1Cl)N(C)c1ccccc1. The van der Waals surface area contributed by atoms with E-state index < -0.39 is 0 Å². The lowest BCUT2D eigenvalue weighted by molar-refractivity contribution is -0.117. The van der Waals surface area contributed by atoms with E-state index in [0.717, 1.165) is 5.69 Å². The van der Waals surface area contributed by atoms with Crippen molar-refractivity contribution in [3.8, 4) is 0 Å². The molecule has 0 unspecified atom stereocenters. The first-order chi connectivity index (χ1) is 9.99. The van der Waals surface area contributed by atoms with E-state index in [0.29, 0.717) is 15.7 Å². The molecule has 2 rings (SSSR count). The minimum atomic E-state index is -0.345. The molecule has 0 aliphatic carbocycles. The highest BCUT2D eigenvalue weighted by molar-refractivity contribution is 6.35. The van der Waals surface area contributed by atoms with Crippen molar-refractivity contribution < 1.29 is 4.79 Å². The first-order valence-electron chi connectivity index (χ1n) is 6.53. The third-order valence-corrected chi connectivity index (χ3v) is 3.87. The quantitative estimate of drug-likeness (QED) is 0.901. The average Bonchev–Trinajstić information content (AvgIpc) is 2.50. The summed E-state index contributed by atoms with van der Waals surface area (Å²) >= 11 is 12.0. The van der Waals surface area contributed by atoms with E-state index in [1.165, 1.54) is 0 Å². The average molecular weight is 323 g/mol. The predicted molar refractivity (Wildman–Crippen MR) is 89.4 cm³/mol. The van der Waals surface area contributed by atoms with Gasteiger partial charge in [-0.05, 0) is 37.3 Å². The number of benzene rings is 2. The Morgan fingerprint density at radius 1 is 1.14 bits per heavy atom. The van der Waals surface area contributed by atoms with Gasteiger partial charge in [-0.15, -0.1) is 0 Å². The number of nitrogens with one attached hydrogen (secondary N) is 1. The van der Waals surface area contributed by atoms with Gasteiger partial charge < -0.3 is 10.2 Å². The van der Waals surface area contributed by atoms with Crippen LogP contribution in [0.2, 0.25) is 10.0 Å². The van der Waals surface area contributed by atoms with Crippen molar-refractivity contribution in [1.82, 2.24) is 0 Å². The number of para-hydroxylation sites is 1. The zero-order valence-electron chi connectivity index (χ0n) is 11.8. The Kier molecular flexibility index (Phi) is 5.10. The number of rotatable bonds is 4. The Bertz CT molecular complexity index is 631. The minimum Gasteiger partial charge on any atom is -0.363 e. The molecule has 110 valence electrons. The lowest BCUT2D eigenvalue weighted by Gasteiger charge is -2.26. The van der Waals surface area contributed by atoms with Crippen molar-refractivity contribution in [2.24, 2.45) is 0 Å². The Morgan fingerprint density at radius 2 is 1.81 bits per heavy atom. The molecule has 0 bridgehead atoms. The number of carbonyl (C=O) groups is 1. The predicted octanol–water partition coefficient (Wildman–Crippen LogP) is 4.46. The van der Waals surface area contributed by atoms with Crippen LogP contribution in [-0.4, -0.2) is 19.0 Å². The first kappa shape index (κ1) is 15.7. The summed E-state index contributed by atoms with van der Waals surface area (Å²) in [5.41, 5.74) is 1.49. The summed E-state index contributed by atoms with van der Waals surface area (Å²) in [4.78, 5) is 14.2. The maximum atomic E-state index is 12.3. The van der Waals surface area contributed by atoms with Crippen molar-refractivity contribution in [3.63, 3.8) is 0 Å². The summed E-state index contributed by atoms with van der Waals surface area (Å²) in [6.45, 7) is 1.83. The maximum Gasteiger partial charge on any atom is 0.246 e. The van der Waals surface area contributed by atoms with Gasteiger partial charge in [-0.2, -0.15) is 0 Å². The van der Waals surface area contributed by atoms with Crippen molar-refractivity contribution in [2.75, 3.05) is 17.3 Å². The summed E-state index contributed by atoms with van der Waals surface area (Å²) < 4.78 is 0. The molecule has 1 amide bonds. The molecule has 0 saturated carbocycles. The van der Waals surface area contributed by atoms with E-state index in [-0.39, 0.29) is 11.9 Å². The molecule has 5 heteroatoms. The zero-order valence-corrected chi connectivity index (χ0v) is 13.3. The molecule has 2 aromatic rings. The molecule has 0 fully saturated rings. The normalized spacial score (nSPS) is 11.8. The van der Waals surface area contributed by atoms with Gasteiger partial charge in [0.2, 0.25) is 5.91 Å². The standard InChI is InChI=1S/C16H16Cl2N2O/c1-11(20(2)13-6-4-3-5-7-13)16(21)19-15-10-12(17)8-9-14(15)18/h3-11H,1-2H3,(H,19,21)/t11-/m1/s1. The number of nitrogens with zero attached hydrogens (tertiary/aromatic N) is 1. The second kappa shape index (κ2) is 6.83. The molecule has 21 heavy (non-hydrogen) atoms.